The van der Waals surface area contributed by atoms with Gasteiger partial charge in [0.1, 0.15) is 5.56 Å². The fourth-order valence-corrected chi connectivity index (χ4v) is 2.62. The molecular weight excluding hydrogens is 319 g/mol. The van der Waals surface area contributed by atoms with Crippen LogP contribution in [0, 0.1) is 29.1 Å². The normalized spacial score (nSPS) is 16.9. The molecule has 1 fully saturated rings. The third kappa shape index (κ3) is 3.46. The second kappa shape index (κ2) is 6.82. The van der Waals surface area contributed by atoms with Gasteiger partial charge in [0.15, 0.2) is 23.3 Å². The van der Waals surface area contributed by atoms with Crippen molar-refractivity contribution in [1.29, 1.82) is 0 Å². The Morgan fingerprint density at radius 1 is 0.957 bits per heavy atom. The number of carbonyl (C=O) groups is 1. The van der Waals surface area contributed by atoms with E-state index in [0.29, 0.717) is 32.0 Å². The summed E-state index contributed by atoms with van der Waals surface area (Å²) < 4.78 is 66.4. The summed E-state index contributed by atoms with van der Waals surface area (Å²) in [6.07, 6.45) is 1.08. The fraction of sp³-hybridized carbons (Fsp3) is 0.533. The van der Waals surface area contributed by atoms with Gasteiger partial charge in [-0.15, -0.1) is 0 Å². The van der Waals surface area contributed by atoms with Crippen LogP contribution in [0.5, 0.6) is 0 Å². The van der Waals surface area contributed by atoms with Crippen molar-refractivity contribution in [2.45, 2.75) is 38.8 Å². The predicted octanol–water partition coefficient (Wildman–Crippen LogP) is 2.98. The molecule has 23 heavy (non-hydrogen) atoms. The van der Waals surface area contributed by atoms with Gasteiger partial charge < -0.3 is 10.2 Å². The average Bonchev–Trinajstić information content (AvgIpc) is 2.51. The highest BCUT2D eigenvalue weighted by molar-refractivity contribution is 5.95. The first-order valence-electron chi connectivity index (χ1n) is 7.30. The molecular formula is C15H17F5N2O. The molecule has 1 aliphatic rings. The third-order valence-electron chi connectivity index (χ3n) is 4.03. The minimum absolute atomic E-state index is 0.335. The summed E-state index contributed by atoms with van der Waals surface area (Å²) in [4.78, 5) is 14.1. The number of nitrogens with one attached hydrogen (secondary N) is 1. The van der Waals surface area contributed by atoms with Crippen LogP contribution >= 0.6 is 0 Å². The highest BCUT2D eigenvalue weighted by atomic mass is 19.2. The average molecular weight is 336 g/mol. The summed E-state index contributed by atoms with van der Waals surface area (Å²) in [6, 6.07) is -0.0330. The van der Waals surface area contributed by atoms with Crippen LogP contribution in [0.15, 0.2) is 0 Å². The molecule has 1 N–H and O–H groups in total. The molecule has 0 bridgehead atoms. The van der Waals surface area contributed by atoms with Gasteiger partial charge in [-0.05, 0) is 26.7 Å². The topological polar surface area (TPSA) is 32.3 Å². The van der Waals surface area contributed by atoms with Gasteiger partial charge in [0.05, 0.1) is 0 Å². The van der Waals surface area contributed by atoms with E-state index >= 15 is 0 Å². The Balaban J connectivity index is 2.14. The standard InChI is InChI=1S/C15H17F5N2O/c1-7(2)22-5-3-8(4-6-22)21-15(23)9-10(16)12(18)14(20)13(19)11(9)17/h7-8H,3-6H2,1-2H3,(H,21,23). The van der Waals surface area contributed by atoms with E-state index in [2.05, 4.69) is 10.2 Å². The summed E-state index contributed by atoms with van der Waals surface area (Å²) in [5.41, 5.74) is -1.44. The van der Waals surface area contributed by atoms with Crippen molar-refractivity contribution in [2.24, 2.45) is 0 Å². The Morgan fingerprint density at radius 3 is 1.83 bits per heavy atom. The van der Waals surface area contributed by atoms with Gasteiger partial charge in [-0.1, -0.05) is 0 Å². The van der Waals surface area contributed by atoms with E-state index in [1.165, 1.54) is 0 Å². The number of amides is 1. The minimum atomic E-state index is -2.28. The SMILES string of the molecule is CC(C)N1CCC(NC(=O)c2c(F)c(F)c(F)c(F)c2F)CC1. The zero-order valence-electron chi connectivity index (χ0n) is 12.7. The van der Waals surface area contributed by atoms with Gasteiger partial charge in [-0.25, -0.2) is 22.0 Å². The summed E-state index contributed by atoms with van der Waals surface area (Å²) in [7, 11) is 0. The number of benzene rings is 1. The molecule has 1 aromatic rings. The van der Waals surface area contributed by atoms with Gasteiger partial charge in [0.25, 0.3) is 5.91 Å². The predicted molar refractivity (Wildman–Crippen MR) is 73.4 cm³/mol. The van der Waals surface area contributed by atoms with Crippen molar-refractivity contribution in [1.82, 2.24) is 10.2 Å². The van der Waals surface area contributed by atoms with Crippen LogP contribution in [-0.4, -0.2) is 36.0 Å². The first kappa shape index (κ1) is 17.7. The molecule has 0 atom stereocenters. The number of piperidine rings is 1. The number of nitrogens with zero attached hydrogens (tertiary/aromatic N) is 1. The van der Waals surface area contributed by atoms with Gasteiger partial charge in [0.2, 0.25) is 5.82 Å². The molecule has 1 saturated heterocycles. The second-order valence-corrected chi connectivity index (χ2v) is 5.82. The lowest BCUT2D eigenvalue weighted by molar-refractivity contribution is 0.0889. The number of hydrogen-bond donors (Lipinski definition) is 1. The number of rotatable bonds is 3. The molecule has 128 valence electrons. The van der Waals surface area contributed by atoms with Crippen LogP contribution in [0.25, 0.3) is 0 Å². The molecule has 1 amide bonds. The largest absolute Gasteiger partial charge is 0.349 e. The molecule has 1 heterocycles. The van der Waals surface area contributed by atoms with Crippen LogP contribution in [0.4, 0.5) is 22.0 Å². The van der Waals surface area contributed by atoms with E-state index < -0.39 is 40.6 Å². The lowest BCUT2D eigenvalue weighted by Crippen LogP contribution is -2.47. The first-order valence-corrected chi connectivity index (χ1v) is 7.30. The molecule has 3 nitrogen and oxygen atoms in total. The Hall–Kier alpha value is -1.70. The Labute approximate surface area is 130 Å². The summed E-state index contributed by atoms with van der Waals surface area (Å²) >= 11 is 0. The number of carbonyl (C=O) groups excluding carboxylic acids is 1. The first-order chi connectivity index (χ1) is 10.7. The van der Waals surface area contributed by atoms with E-state index in [1.54, 1.807) is 0 Å². The van der Waals surface area contributed by atoms with E-state index in [1.807, 2.05) is 13.8 Å². The van der Waals surface area contributed by atoms with E-state index in [0.717, 1.165) is 0 Å². The molecule has 1 aromatic carbocycles. The lowest BCUT2D eigenvalue weighted by Gasteiger charge is -2.34. The van der Waals surface area contributed by atoms with Crippen molar-refractivity contribution in [3.05, 3.63) is 34.6 Å². The number of likely N-dealkylation sites (tertiary alicyclic amines) is 1. The second-order valence-electron chi connectivity index (χ2n) is 5.82. The van der Waals surface area contributed by atoms with Crippen LogP contribution in [0.1, 0.15) is 37.0 Å². The van der Waals surface area contributed by atoms with Gasteiger partial charge in [0, 0.05) is 25.2 Å². The molecule has 1 aliphatic heterocycles. The minimum Gasteiger partial charge on any atom is -0.349 e. The molecule has 0 spiro atoms. The van der Waals surface area contributed by atoms with E-state index in [-0.39, 0.29) is 6.04 Å². The Morgan fingerprint density at radius 2 is 1.39 bits per heavy atom. The van der Waals surface area contributed by atoms with Crippen LogP contribution in [-0.2, 0) is 0 Å². The lowest BCUT2D eigenvalue weighted by atomic mass is 10.0. The van der Waals surface area contributed by atoms with Crippen LogP contribution in [0.2, 0.25) is 0 Å². The van der Waals surface area contributed by atoms with Crippen molar-refractivity contribution in [2.75, 3.05) is 13.1 Å². The molecule has 8 heteroatoms. The summed E-state index contributed by atoms with van der Waals surface area (Å²) in [6.45, 7) is 5.40. The zero-order valence-corrected chi connectivity index (χ0v) is 12.7. The maximum absolute atomic E-state index is 13.6. The highest BCUT2D eigenvalue weighted by Crippen LogP contribution is 2.23. The highest BCUT2D eigenvalue weighted by Gasteiger charge is 2.31. The maximum atomic E-state index is 13.6. The van der Waals surface area contributed by atoms with E-state index in [4.69, 9.17) is 0 Å². The van der Waals surface area contributed by atoms with Gasteiger partial charge in [-0.3, -0.25) is 4.79 Å². The zero-order chi connectivity index (χ0) is 17.3. The molecule has 0 unspecified atom stereocenters. The van der Waals surface area contributed by atoms with Crippen molar-refractivity contribution < 1.29 is 26.7 Å². The van der Waals surface area contributed by atoms with Gasteiger partial charge in [-0.2, -0.15) is 0 Å². The Bertz CT molecular complexity index is 583. The van der Waals surface area contributed by atoms with Crippen LogP contribution < -0.4 is 5.32 Å². The van der Waals surface area contributed by atoms with E-state index in [9.17, 15) is 26.7 Å². The fourth-order valence-electron chi connectivity index (χ4n) is 2.62. The van der Waals surface area contributed by atoms with Crippen molar-refractivity contribution in [3.8, 4) is 0 Å². The molecule has 0 saturated carbocycles. The summed E-state index contributed by atoms with van der Waals surface area (Å²) in [5.74, 6) is -12.0. The maximum Gasteiger partial charge on any atom is 0.257 e. The summed E-state index contributed by atoms with van der Waals surface area (Å²) in [5, 5.41) is 2.35. The number of hydrogen-bond acceptors (Lipinski definition) is 2. The monoisotopic (exact) mass is 336 g/mol. The molecule has 0 aliphatic carbocycles. The Kier molecular flexibility index (Phi) is 5.23. The smallest absolute Gasteiger partial charge is 0.257 e. The number of halogens is 5. The van der Waals surface area contributed by atoms with Crippen molar-refractivity contribution in [3.63, 3.8) is 0 Å². The molecule has 0 radical (unpaired) electrons. The molecule has 0 aromatic heterocycles. The quantitative estimate of drug-likeness (QED) is 0.523. The van der Waals surface area contributed by atoms with Gasteiger partial charge >= 0.3 is 0 Å². The van der Waals surface area contributed by atoms with Crippen molar-refractivity contribution >= 4 is 5.91 Å². The third-order valence-corrected chi connectivity index (χ3v) is 4.03. The molecule has 2 rings (SSSR count). The van der Waals surface area contributed by atoms with Crippen LogP contribution in [0.3, 0.4) is 0 Å².